The smallest absolute Gasteiger partial charge is 0.289 e. The van der Waals surface area contributed by atoms with Crippen molar-refractivity contribution < 1.29 is 32.3 Å². The van der Waals surface area contributed by atoms with Gasteiger partial charge in [0.1, 0.15) is 5.02 Å². The number of rotatable bonds is 17. The van der Waals surface area contributed by atoms with E-state index in [9.17, 15) is 23.3 Å². The molecule has 0 aliphatic heterocycles. The van der Waals surface area contributed by atoms with Crippen LogP contribution in [0.4, 0.5) is 5.69 Å². The summed E-state index contributed by atoms with van der Waals surface area (Å²) in [5.74, 6) is 0.741. The van der Waals surface area contributed by atoms with Crippen molar-refractivity contribution >= 4 is 44.6 Å². The zero-order valence-electron chi connectivity index (χ0n) is 23.7. The first-order valence-electron chi connectivity index (χ1n) is 13.1. The Morgan fingerprint density at radius 3 is 2.48 bits per heavy atom. The number of nitro groups is 1. The molecule has 0 bridgehead atoms. The molecule has 1 heterocycles. The molecule has 0 spiro atoms. The van der Waals surface area contributed by atoms with Crippen LogP contribution >= 0.6 is 22.9 Å². The highest BCUT2D eigenvalue weighted by molar-refractivity contribution is 7.89. The number of ether oxygens (including phenoxy) is 3. The number of carbonyl (C=O) groups is 1. The first-order valence-corrected chi connectivity index (χ1v) is 15.8. The predicted molar refractivity (Wildman–Crippen MR) is 161 cm³/mol. The van der Waals surface area contributed by atoms with E-state index in [0.717, 1.165) is 20.8 Å². The number of methoxy groups -OCH3 is 2. The van der Waals surface area contributed by atoms with Crippen LogP contribution in [0.1, 0.15) is 23.8 Å². The highest BCUT2D eigenvalue weighted by Crippen LogP contribution is 2.30. The highest BCUT2D eigenvalue weighted by atomic mass is 35.5. The van der Waals surface area contributed by atoms with Crippen LogP contribution in [0.3, 0.4) is 0 Å². The van der Waals surface area contributed by atoms with Crippen LogP contribution in [0.15, 0.2) is 58.8 Å². The minimum Gasteiger partial charge on any atom is -0.493 e. The lowest BCUT2D eigenvalue weighted by atomic mass is 10.1. The number of sulfonamides is 1. The Morgan fingerprint density at radius 1 is 1.07 bits per heavy atom. The third-order valence-corrected chi connectivity index (χ3v) is 9.38. The summed E-state index contributed by atoms with van der Waals surface area (Å²) in [6, 6.07) is 12.6. The predicted octanol–water partition coefficient (Wildman–Crippen LogP) is 5.02. The number of nitrogens with zero attached hydrogens (tertiary/aromatic N) is 3. The number of hydrogen-bond donors (Lipinski definition) is 0. The van der Waals surface area contributed by atoms with Crippen LogP contribution < -0.4 is 9.47 Å². The summed E-state index contributed by atoms with van der Waals surface area (Å²) in [6.45, 7) is 2.70. The third-order valence-electron chi connectivity index (χ3n) is 6.36. The number of halogens is 1. The molecule has 3 rings (SSSR count). The number of amides is 1. The Balaban J connectivity index is 1.88. The molecule has 0 aliphatic rings. The molecule has 14 heteroatoms. The van der Waals surface area contributed by atoms with Gasteiger partial charge >= 0.3 is 0 Å². The van der Waals surface area contributed by atoms with E-state index in [4.69, 9.17) is 25.8 Å². The minimum absolute atomic E-state index is 0.0208. The summed E-state index contributed by atoms with van der Waals surface area (Å²) in [5, 5.41) is 13.1. The Hall–Kier alpha value is -3.23. The summed E-state index contributed by atoms with van der Waals surface area (Å²) < 4.78 is 44.5. The van der Waals surface area contributed by atoms with Gasteiger partial charge in [-0.3, -0.25) is 14.9 Å². The van der Waals surface area contributed by atoms with Gasteiger partial charge in [-0.05, 0) is 61.0 Å². The number of thiophene rings is 1. The Bertz CT molecular complexity index is 1450. The largest absolute Gasteiger partial charge is 0.493 e. The second kappa shape index (κ2) is 15.8. The van der Waals surface area contributed by atoms with E-state index >= 15 is 0 Å². The summed E-state index contributed by atoms with van der Waals surface area (Å²) in [5.41, 5.74) is 0.374. The molecule has 0 radical (unpaired) electrons. The number of nitro benzene ring substituents is 1. The van der Waals surface area contributed by atoms with Gasteiger partial charge in [0.15, 0.2) is 11.5 Å². The van der Waals surface area contributed by atoms with Gasteiger partial charge in [0.2, 0.25) is 15.9 Å². The number of carbonyl (C=O) groups excluding carboxylic acids is 1. The number of benzene rings is 2. The van der Waals surface area contributed by atoms with Crippen molar-refractivity contribution in [1.82, 2.24) is 9.21 Å². The molecule has 42 heavy (non-hydrogen) atoms. The number of hydrogen-bond acceptors (Lipinski definition) is 9. The SMILES string of the molecule is CCOCCCN(CC(=O)N(CCc1ccc(OC)c(OC)c1)Cc1cccs1)S(=O)(=O)c1ccc(Cl)c([N+](=O)[O-])c1. The van der Waals surface area contributed by atoms with E-state index in [-0.39, 0.29) is 23.1 Å². The van der Waals surface area contributed by atoms with Crippen LogP contribution in [0.2, 0.25) is 5.02 Å². The monoisotopic (exact) mass is 639 g/mol. The fraction of sp³-hybridized carbons (Fsp3) is 0.393. The molecular weight excluding hydrogens is 606 g/mol. The Labute approximate surface area is 254 Å². The van der Waals surface area contributed by atoms with Crippen LogP contribution in [-0.2, 0) is 32.5 Å². The maximum Gasteiger partial charge on any atom is 0.289 e. The fourth-order valence-electron chi connectivity index (χ4n) is 4.15. The molecule has 11 nitrogen and oxygen atoms in total. The lowest BCUT2D eigenvalue weighted by Crippen LogP contribution is -2.43. The fourth-order valence-corrected chi connectivity index (χ4v) is 6.50. The van der Waals surface area contributed by atoms with Gasteiger partial charge in [-0.1, -0.05) is 23.7 Å². The van der Waals surface area contributed by atoms with E-state index in [0.29, 0.717) is 44.0 Å². The molecule has 0 fully saturated rings. The van der Waals surface area contributed by atoms with Crippen LogP contribution in [0.5, 0.6) is 11.5 Å². The van der Waals surface area contributed by atoms with Gasteiger partial charge < -0.3 is 19.1 Å². The standard InChI is InChI=1S/C28H34ClN3O8S2/c1-4-40-15-6-13-31(42(36,37)23-9-10-24(29)25(18-23)32(34)35)20-28(33)30(19-22-7-5-16-41-22)14-12-21-8-11-26(38-2)27(17-21)39-3/h5,7-11,16-18H,4,6,12-15,19-20H2,1-3H3. The summed E-state index contributed by atoms with van der Waals surface area (Å²) in [4.78, 5) is 26.6. The third kappa shape index (κ3) is 8.88. The highest BCUT2D eigenvalue weighted by Gasteiger charge is 2.30. The van der Waals surface area contributed by atoms with Crippen molar-refractivity contribution in [3.05, 3.63) is 79.5 Å². The maximum absolute atomic E-state index is 13.7. The van der Waals surface area contributed by atoms with E-state index in [1.54, 1.807) is 25.2 Å². The first-order chi connectivity index (χ1) is 20.1. The van der Waals surface area contributed by atoms with Crippen molar-refractivity contribution in [2.45, 2.75) is 31.2 Å². The maximum atomic E-state index is 13.7. The average Bonchev–Trinajstić information content (AvgIpc) is 3.49. The molecule has 3 aromatic rings. The van der Waals surface area contributed by atoms with Crippen molar-refractivity contribution in [2.24, 2.45) is 0 Å². The lowest BCUT2D eigenvalue weighted by molar-refractivity contribution is -0.384. The molecule has 1 amide bonds. The molecule has 0 unspecified atom stereocenters. The Morgan fingerprint density at radius 2 is 1.83 bits per heavy atom. The van der Waals surface area contributed by atoms with Gasteiger partial charge in [0.25, 0.3) is 5.69 Å². The van der Waals surface area contributed by atoms with Gasteiger partial charge in [-0.15, -0.1) is 11.3 Å². The molecule has 228 valence electrons. The van der Waals surface area contributed by atoms with Gasteiger partial charge in [0, 0.05) is 37.2 Å². The first kappa shape index (κ1) is 33.3. The quantitative estimate of drug-likeness (QED) is 0.114. The van der Waals surface area contributed by atoms with E-state index in [1.165, 1.54) is 23.5 Å². The van der Waals surface area contributed by atoms with Gasteiger partial charge in [0.05, 0.1) is 37.1 Å². The summed E-state index contributed by atoms with van der Waals surface area (Å²) in [7, 11) is -1.20. The van der Waals surface area contributed by atoms with Crippen molar-refractivity contribution in [2.75, 3.05) is 47.1 Å². The molecule has 0 aliphatic carbocycles. The second-order valence-corrected chi connectivity index (χ2v) is 12.5. The molecule has 2 aromatic carbocycles. The van der Waals surface area contributed by atoms with Crippen molar-refractivity contribution in [3.8, 4) is 11.5 Å². The van der Waals surface area contributed by atoms with Gasteiger partial charge in [-0.2, -0.15) is 4.31 Å². The van der Waals surface area contributed by atoms with Crippen LogP contribution in [0, 0.1) is 10.1 Å². The van der Waals surface area contributed by atoms with E-state index < -0.39 is 33.1 Å². The molecular formula is C28H34ClN3O8S2. The molecule has 1 aromatic heterocycles. The summed E-state index contributed by atoms with van der Waals surface area (Å²) in [6.07, 6.45) is 0.810. The molecule has 0 N–H and O–H groups in total. The normalized spacial score (nSPS) is 11.5. The summed E-state index contributed by atoms with van der Waals surface area (Å²) >= 11 is 7.41. The second-order valence-electron chi connectivity index (χ2n) is 9.09. The van der Waals surface area contributed by atoms with Crippen molar-refractivity contribution in [1.29, 1.82) is 0 Å². The van der Waals surface area contributed by atoms with Gasteiger partial charge in [-0.25, -0.2) is 8.42 Å². The van der Waals surface area contributed by atoms with E-state index in [2.05, 4.69) is 0 Å². The molecule has 0 saturated carbocycles. The average molecular weight is 640 g/mol. The molecule has 0 saturated heterocycles. The molecule has 0 atom stereocenters. The van der Waals surface area contributed by atoms with Crippen molar-refractivity contribution in [3.63, 3.8) is 0 Å². The lowest BCUT2D eigenvalue weighted by Gasteiger charge is -2.27. The van der Waals surface area contributed by atoms with Crippen LogP contribution in [-0.4, -0.2) is 75.5 Å². The topological polar surface area (TPSA) is 129 Å². The van der Waals surface area contributed by atoms with Crippen LogP contribution in [0.25, 0.3) is 0 Å². The minimum atomic E-state index is -4.30. The Kier molecular flexibility index (Phi) is 12.6. The zero-order chi connectivity index (χ0) is 30.7. The van der Waals surface area contributed by atoms with E-state index in [1.807, 2.05) is 36.6 Å². The zero-order valence-corrected chi connectivity index (χ0v) is 26.0.